The fourth-order valence-electron chi connectivity index (χ4n) is 3.42. The molecule has 4 nitrogen and oxygen atoms in total. The van der Waals surface area contributed by atoms with Gasteiger partial charge in [-0.3, -0.25) is 0 Å². The van der Waals surface area contributed by atoms with Crippen LogP contribution in [0.5, 0.6) is 5.75 Å². The summed E-state index contributed by atoms with van der Waals surface area (Å²) in [5.74, 6) is 0.0872. The van der Waals surface area contributed by atoms with Gasteiger partial charge in [-0.15, -0.1) is 0 Å². The van der Waals surface area contributed by atoms with Crippen LogP contribution in [0.25, 0.3) is 0 Å². The standard InChI is InChI=1S/C20H28FNO3/c1-23-15-24-14-20(16-9-6-4-2-3-5-7-10-16)25-19-12-8-11-18(21)17(19)13-22/h8,11-12,16,20H,2-7,9-10,14-15H2,1H3. The molecule has 1 aliphatic carbocycles. The lowest BCUT2D eigenvalue weighted by Crippen LogP contribution is -2.33. The van der Waals surface area contributed by atoms with Gasteiger partial charge in [0.05, 0.1) is 6.61 Å². The smallest absolute Gasteiger partial charge is 0.146 e. The highest BCUT2D eigenvalue weighted by Gasteiger charge is 2.25. The van der Waals surface area contributed by atoms with E-state index in [-0.39, 0.29) is 18.5 Å². The molecule has 0 bridgehead atoms. The molecule has 0 radical (unpaired) electrons. The zero-order chi connectivity index (χ0) is 17.9. The van der Waals surface area contributed by atoms with Gasteiger partial charge in [0.1, 0.15) is 36.1 Å². The number of nitrogens with zero attached hydrogens (tertiary/aromatic N) is 1. The first kappa shape index (κ1) is 19.7. The third-order valence-electron chi connectivity index (χ3n) is 4.77. The summed E-state index contributed by atoms with van der Waals surface area (Å²) < 4.78 is 30.5. The minimum Gasteiger partial charge on any atom is -0.486 e. The van der Waals surface area contributed by atoms with Crippen molar-refractivity contribution in [3.63, 3.8) is 0 Å². The van der Waals surface area contributed by atoms with Crippen LogP contribution < -0.4 is 4.74 Å². The topological polar surface area (TPSA) is 51.5 Å². The Morgan fingerprint density at radius 3 is 2.48 bits per heavy atom. The Balaban J connectivity index is 2.13. The molecule has 0 saturated heterocycles. The second kappa shape index (κ2) is 11.1. The molecule has 1 atom stereocenters. The molecule has 1 aromatic rings. The van der Waals surface area contributed by atoms with Gasteiger partial charge in [0, 0.05) is 7.11 Å². The molecule has 0 amide bonds. The van der Waals surface area contributed by atoms with Crippen molar-refractivity contribution in [1.29, 1.82) is 5.26 Å². The summed E-state index contributed by atoms with van der Waals surface area (Å²) in [5, 5.41) is 9.23. The summed E-state index contributed by atoms with van der Waals surface area (Å²) in [4.78, 5) is 0. The molecule has 1 fully saturated rings. The van der Waals surface area contributed by atoms with Crippen LogP contribution in [0, 0.1) is 23.1 Å². The van der Waals surface area contributed by atoms with Crippen molar-refractivity contribution in [3.8, 4) is 11.8 Å². The predicted octanol–water partition coefficient (Wildman–Crippen LogP) is 4.82. The first-order chi connectivity index (χ1) is 12.3. The Morgan fingerprint density at radius 1 is 1.16 bits per heavy atom. The van der Waals surface area contributed by atoms with Crippen molar-refractivity contribution in [1.82, 2.24) is 0 Å². The molecule has 0 N–H and O–H groups in total. The number of halogens is 1. The maximum Gasteiger partial charge on any atom is 0.146 e. The molecule has 0 aromatic heterocycles. The number of nitriles is 1. The number of hydrogen-bond donors (Lipinski definition) is 0. The summed E-state index contributed by atoms with van der Waals surface area (Å²) in [6, 6.07) is 6.41. The first-order valence-corrected chi connectivity index (χ1v) is 9.18. The highest BCUT2D eigenvalue weighted by Crippen LogP contribution is 2.29. The molecule has 1 unspecified atom stereocenters. The molecule has 1 saturated carbocycles. The van der Waals surface area contributed by atoms with Gasteiger partial charge in [-0.2, -0.15) is 5.26 Å². The number of hydrogen-bond acceptors (Lipinski definition) is 4. The molecule has 138 valence electrons. The highest BCUT2D eigenvalue weighted by atomic mass is 19.1. The van der Waals surface area contributed by atoms with Crippen molar-refractivity contribution >= 4 is 0 Å². The van der Waals surface area contributed by atoms with E-state index in [0.717, 1.165) is 12.8 Å². The minimum absolute atomic E-state index is 0.0395. The van der Waals surface area contributed by atoms with E-state index in [4.69, 9.17) is 14.2 Å². The molecule has 0 aliphatic heterocycles. The molecule has 25 heavy (non-hydrogen) atoms. The largest absolute Gasteiger partial charge is 0.486 e. The molecular weight excluding hydrogens is 321 g/mol. The van der Waals surface area contributed by atoms with Crippen LogP contribution >= 0.6 is 0 Å². The van der Waals surface area contributed by atoms with E-state index in [9.17, 15) is 9.65 Å². The van der Waals surface area contributed by atoms with Crippen molar-refractivity contribution < 1.29 is 18.6 Å². The lowest BCUT2D eigenvalue weighted by atomic mass is 9.91. The summed E-state index contributed by atoms with van der Waals surface area (Å²) in [7, 11) is 1.58. The molecule has 0 spiro atoms. The third kappa shape index (κ3) is 6.30. The van der Waals surface area contributed by atoms with Gasteiger partial charge in [0.2, 0.25) is 0 Å². The van der Waals surface area contributed by atoms with E-state index in [1.54, 1.807) is 19.2 Å². The van der Waals surface area contributed by atoms with E-state index in [0.29, 0.717) is 18.3 Å². The van der Waals surface area contributed by atoms with Crippen LogP contribution in [0.15, 0.2) is 18.2 Å². The number of rotatable bonds is 7. The Labute approximate surface area is 149 Å². The second-order valence-corrected chi connectivity index (χ2v) is 6.62. The van der Waals surface area contributed by atoms with Gasteiger partial charge in [0.15, 0.2) is 0 Å². The van der Waals surface area contributed by atoms with Crippen molar-refractivity contribution in [2.24, 2.45) is 5.92 Å². The molecule has 0 heterocycles. The van der Waals surface area contributed by atoms with Gasteiger partial charge < -0.3 is 14.2 Å². The Hall–Kier alpha value is -1.64. The molecule has 1 aliphatic rings. The number of benzene rings is 1. The lowest BCUT2D eigenvalue weighted by Gasteiger charge is -2.28. The van der Waals surface area contributed by atoms with E-state index < -0.39 is 5.82 Å². The number of ether oxygens (including phenoxy) is 3. The zero-order valence-electron chi connectivity index (χ0n) is 15.0. The Bertz CT molecular complexity index is 548. The molecule has 2 rings (SSSR count). The van der Waals surface area contributed by atoms with Crippen molar-refractivity contribution in [2.45, 2.75) is 57.5 Å². The van der Waals surface area contributed by atoms with Crippen molar-refractivity contribution in [2.75, 3.05) is 20.5 Å². The quantitative estimate of drug-likeness (QED) is 0.523. The Morgan fingerprint density at radius 2 is 1.84 bits per heavy atom. The van der Waals surface area contributed by atoms with Gasteiger partial charge in [0.25, 0.3) is 0 Å². The van der Waals surface area contributed by atoms with Gasteiger partial charge in [-0.25, -0.2) is 4.39 Å². The molecule has 1 aromatic carbocycles. The number of methoxy groups -OCH3 is 1. The summed E-state index contributed by atoms with van der Waals surface area (Å²) >= 11 is 0. The summed E-state index contributed by atoms with van der Waals surface area (Å²) in [6.45, 7) is 0.570. The molecule has 5 heteroatoms. The SMILES string of the molecule is COCOCC(Oc1cccc(F)c1C#N)C1CCCCCCCC1. The van der Waals surface area contributed by atoms with Gasteiger partial charge in [-0.1, -0.05) is 44.6 Å². The molecular formula is C20H28FNO3. The fraction of sp³-hybridized carbons (Fsp3) is 0.650. The average Bonchev–Trinajstić information content (AvgIpc) is 2.75. The van der Waals surface area contributed by atoms with Crippen LogP contribution in [-0.4, -0.2) is 26.6 Å². The highest BCUT2D eigenvalue weighted by molar-refractivity contribution is 5.43. The van der Waals surface area contributed by atoms with Crippen molar-refractivity contribution in [3.05, 3.63) is 29.6 Å². The third-order valence-corrected chi connectivity index (χ3v) is 4.77. The monoisotopic (exact) mass is 349 g/mol. The van der Waals surface area contributed by atoms with Crippen LogP contribution in [0.4, 0.5) is 4.39 Å². The second-order valence-electron chi connectivity index (χ2n) is 6.62. The van der Waals surface area contributed by atoms with Crippen LogP contribution in [0.1, 0.15) is 56.9 Å². The van der Waals surface area contributed by atoms with E-state index in [1.807, 2.05) is 6.07 Å². The maximum atomic E-state index is 13.9. The Kier molecular flexibility index (Phi) is 8.71. The minimum atomic E-state index is -0.550. The van der Waals surface area contributed by atoms with Crippen LogP contribution in [0.3, 0.4) is 0 Å². The predicted molar refractivity (Wildman–Crippen MR) is 93.8 cm³/mol. The van der Waals surface area contributed by atoms with Crippen LogP contribution in [0.2, 0.25) is 0 Å². The van der Waals surface area contributed by atoms with E-state index >= 15 is 0 Å². The summed E-state index contributed by atoms with van der Waals surface area (Å²) in [5.41, 5.74) is -0.0395. The zero-order valence-corrected chi connectivity index (χ0v) is 15.0. The van der Waals surface area contributed by atoms with E-state index in [2.05, 4.69) is 0 Å². The normalized spacial score (nSPS) is 17.8. The lowest BCUT2D eigenvalue weighted by molar-refractivity contribution is -0.0685. The first-order valence-electron chi connectivity index (χ1n) is 9.18. The van der Waals surface area contributed by atoms with E-state index in [1.165, 1.54) is 44.6 Å². The van der Waals surface area contributed by atoms with Gasteiger partial charge >= 0.3 is 0 Å². The van der Waals surface area contributed by atoms with Crippen LogP contribution in [-0.2, 0) is 9.47 Å². The average molecular weight is 349 g/mol. The van der Waals surface area contributed by atoms with Gasteiger partial charge in [-0.05, 0) is 30.9 Å². The fourth-order valence-corrected chi connectivity index (χ4v) is 3.42. The maximum absolute atomic E-state index is 13.9. The summed E-state index contributed by atoms with van der Waals surface area (Å²) in [6.07, 6.45) is 9.34.